The molecule has 2 rings (SSSR count). The van der Waals surface area contributed by atoms with Crippen LogP contribution in [-0.2, 0) is 10.0 Å². The van der Waals surface area contributed by atoms with Gasteiger partial charge < -0.3 is 5.32 Å². The number of sulfonamides is 1. The van der Waals surface area contributed by atoms with Gasteiger partial charge in [0.25, 0.3) is 0 Å². The van der Waals surface area contributed by atoms with Crippen molar-refractivity contribution in [2.75, 3.05) is 15.8 Å². The van der Waals surface area contributed by atoms with Crippen molar-refractivity contribution in [2.24, 2.45) is 0 Å². The first-order valence-electron chi connectivity index (χ1n) is 6.12. The first-order valence-corrected chi connectivity index (χ1v) is 7.77. The average Bonchev–Trinajstić information content (AvgIpc) is 2.43. The average molecular weight is 294 g/mol. The van der Waals surface area contributed by atoms with Crippen LogP contribution in [0, 0.1) is 5.82 Å². The summed E-state index contributed by atoms with van der Waals surface area (Å²) in [5.41, 5.74) is 1.52. The molecule has 0 amide bonds. The van der Waals surface area contributed by atoms with Crippen molar-refractivity contribution in [3.63, 3.8) is 0 Å². The van der Waals surface area contributed by atoms with E-state index in [1.165, 1.54) is 6.07 Å². The molecule has 106 valence electrons. The van der Waals surface area contributed by atoms with Crippen molar-refractivity contribution in [1.82, 2.24) is 0 Å². The zero-order valence-electron chi connectivity index (χ0n) is 10.9. The Morgan fingerprint density at radius 1 is 1.00 bits per heavy atom. The third-order valence-corrected chi connectivity index (χ3v) is 4.00. The number of rotatable bonds is 5. The Hall–Kier alpha value is -2.08. The van der Waals surface area contributed by atoms with Gasteiger partial charge in [0.2, 0.25) is 10.0 Å². The summed E-state index contributed by atoms with van der Waals surface area (Å²) in [5, 5.41) is 2.92. The predicted octanol–water partition coefficient (Wildman–Crippen LogP) is 3.33. The summed E-state index contributed by atoms with van der Waals surface area (Å²) in [4.78, 5) is 0. The molecule has 0 atom stereocenters. The Morgan fingerprint density at radius 3 is 2.20 bits per heavy atom. The minimum absolute atomic E-state index is 0.0161. The molecular formula is C14H15FN2O2S. The minimum Gasteiger partial charge on any atom is -0.353 e. The highest BCUT2D eigenvalue weighted by Gasteiger charge is 2.06. The molecule has 0 bridgehead atoms. The fourth-order valence-electron chi connectivity index (χ4n) is 1.59. The Balaban J connectivity index is 2.11. The molecule has 0 aliphatic heterocycles. The highest BCUT2D eigenvalue weighted by molar-refractivity contribution is 7.92. The van der Waals surface area contributed by atoms with Crippen molar-refractivity contribution in [3.05, 3.63) is 54.3 Å². The van der Waals surface area contributed by atoms with Crippen LogP contribution < -0.4 is 10.0 Å². The maximum atomic E-state index is 13.5. The normalized spacial score (nSPS) is 11.1. The Kier molecular flexibility index (Phi) is 4.24. The Labute approximate surface area is 117 Å². The van der Waals surface area contributed by atoms with E-state index in [9.17, 15) is 12.8 Å². The molecular weight excluding hydrogens is 279 g/mol. The molecule has 0 saturated carbocycles. The van der Waals surface area contributed by atoms with Gasteiger partial charge in [-0.05, 0) is 43.3 Å². The second-order valence-corrected chi connectivity index (χ2v) is 6.20. The second kappa shape index (κ2) is 5.92. The summed E-state index contributed by atoms with van der Waals surface area (Å²) in [6, 6.07) is 12.9. The van der Waals surface area contributed by atoms with Crippen molar-refractivity contribution < 1.29 is 12.8 Å². The van der Waals surface area contributed by atoms with Gasteiger partial charge in [-0.2, -0.15) is 0 Å². The number of hydrogen-bond donors (Lipinski definition) is 2. The number of benzene rings is 2. The first-order chi connectivity index (χ1) is 9.50. The molecule has 0 saturated heterocycles. The summed E-state index contributed by atoms with van der Waals surface area (Å²) < 4.78 is 38.7. The molecule has 0 unspecified atom stereocenters. The van der Waals surface area contributed by atoms with Gasteiger partial charge in [0.1, 0.15) is 5.82 Å². The monoisotopic (exact) mass is 294 g/mol. The molecule has 0 aliphatic rings. The van der Waals surface area contributed by atoms with Crippen LogP contribution in [0.3, 0.4) is 0 Å². The van der Waals surface area contributed by atoms with Gasteiger partial charge in [-0.3, -0.25) is 4.72 Å². The van der Waals surface area contributed by atoms with E-state index in [-0.39, 0.29) is 11.6 Å². The largest absolute Gasteiger partial charge is 0.353 e. The van der Waals surface area contributed by atoms with Crippen LogP contribution in [-0.4, -0.2) is 14.2 Å². The molecule has 2 aromatic rings. The maximum absolute atomic E-state index is 13.5. The van der Waals surface area contributed by atoms with Gasteiger partial charge in [0.05, 0.1) is 11.4 Å². The van der Waals surface area contributed by atoms with Gasteiger partial charge in [0.15, 0.2) is 0 Å². The predicted molar refractivity (Wildman–Crippen MR) is 79.2 cm³/mol. The summed E-state index contributed by atoms with van der Waals surface area (Å²) in [6.07, 6.45) is 0. The minimum atomic E-state index is -3.28. The molecule has 6 heteroatoms. The van der Waals surface area contributed by atoms with Crippen molar-refractivity contribution in [3.8, 4) is 0 Å². The number of hydrogen-bond acceptors (Lipinski definition) is 3. The Morgan fingerprint density at radius 2 is 1.60 bits per heavy atom. The van der Waals surface area contributed by atoms with Crippen LogP contribution in [0.25, 0.3) is 0 Å². The lowest BCUT2D eigenvalue weighted by atomic mass is 10.2. The highest BCUT2D eigenvalue weighted by Crippen LogP contribution is 2.21. The van der Waals surface area contributed by atoms with Crippen LogP contribution in [0.1, 0.15) is 6.92 Å². The van der Waals surface area contributed by atoms with Crippen LogP contribution in [0.2, 0.25) is 0 Å². The Bertz CT molecular complexity index is 685. The lowest BCUT2D eigenvalue weighted by Crippen LogP contribution is -2.14. The van der Waals surface area contributed by atoms with E-state index in [1.54, 1.807) is 49.4 Å². The zero-order valence-corrected chi connectivity index (χ0v) is 11.7. The van der Waals surface area contributed by atoms with Gasteiger partial charge in [0, 0.05) is 11.4 Å². The van der Waals surface area contributed by atoms with E-state index < -0.39 is 10.0 Å². The topological polar surface area (TPSA) is 58.2 Å². The number of para-hydroxylation sites is 1. The standard InChI is InChI=1S/C14H15FN2O2S/c1-2-20(18,19)17-12-9-7-11(8-10-12)16-14-6-4-3-5-13(14)15/h3-10,16-17H,2H2,1H3. The summed E-state index contributed by atoms with van der Waals surface area (Å²) in [6.45, 7) is 1.57. The molecule has 0 aromatic heterocycles. The van der Waals surface area contributed by atoms with Gasteiger partial charge >= 0.3 is 0 Å². The fourth-order valence-corrected chi connectivity index (χ4v) is 2.23. The molecule has 2 N–H and O–H groups in total. The summed E-state index contributed by atoms with van der Waals surface area (Å²) >= 11 is 0. The number of nitrogens with one attached hydrogen (secondary N) is 2. The van der Waals surface area contributed by atoms with E-state index in [2.05, 4.69) is 10.0 Å². The van der Waals surface area contributed by atoms with E-state index >= 15 is 0 Å². The van der Waals surface area contributed by atoms with E-state index in [4.69, 9.17) is 0 Å². The van der Waals surface area contributed by atoms with Crippen LogP contribution >= 0.6 is 0 Å². The van der Waals surface area contributed by atoms with Crippen LogP contribution in [0.4, 0.5) is 21.5 Å². The van der Waals surface area contributed by atoms with E-state index in [1.807, 2.05) is 0 Å². The number of halogens is 1. The van der Waals surface area contributed by atoms with E-state index in [0.717, 1.165) is 0 Å². The molecule has 0 aliphatic carbocycles. The molecule has 0 fully saturated rings. The van der Waals surface area contributed by atoms with Gasteiger partial charge in [-0.25, -0.2) is 12.8 Å². The van der Waals surface area contributed by atoms with E-state index in [0.29, 0.717) is 17.1 Å². The lowest BCUT2D eigenvalue weighted by Gasteiger charge is -2.09. The zero-order chi connectivity index (χ0) is 14.6. The molecule has 2 aromatic carbocycles. The summed E-state index contributed by atoms with van der Waals surface area (Å²) in [5.74, 6) is -0.328. The molecule has 20 heavy (non-hydrogen) atoms. The lowest BCUT2D eigenvalue weighted by molar-refractivity contribution is 0.602. The van der Waals surface area contributed by atoms with Crippen LogP contribution in [0.5, 0.6) is 0 Å². The number of anilines is 3. The highest BCUT2D eigenvalue weighted by atomic mass is 32.2. The van der Waals surface area contributed by atoms with Gasteiger partial charge in [-0.15, -0.1) is 0 Å². The summed E-state index contributed by atoms with van der Waals surface area (Å²) in [7, 11) is -3.28. The van der Waals surface area contributed by atoms with Gasteiger partial charge in [-0.1, -0.05) is 12.1 Å². The van der Waals surface area contributed by atoms with Crippen molar-refractivity contribution in [1.29, 1.82) is 0 Å². The van der Waals surface area contributed by atoms with Crippen LogP contribution in [0.15, 0.2) is 48.5 Å². The molecule has 0 radical (unpaired) electrons. The maximum Gasteiger partial charge on any atom is 0.232 e. The third kappa shape index (κ3) is 3.71. The SMILES string of the molecule is CCS(=O)(=O)Nc1ccc(Nc2ccccc2F)cc1. The smallest absolute Gasteiger partial charge is 0.232 e. The quantitative estimate of drug-likeness (QED) is 0.889. The second-order valence-electron chi connectivity index (χ2n) is 4.19. The van der Waals surface area contributed by atoms with Crippen molar-refractivity contribution >= 4 is 27.1 Å². The van der Waals surface area contributed by atoms with Crippen molar-refractivity contribution in [2.45, 2.75) is 6.92 Å². The fraction of sp³-hybridized carbons (Fsp3) is 0.143. The first kappa shape index (κ1) is 14.3. The molecule has 4 nitrogen and oxygen atoms in total. The third-order valence-electron chi connectivity index (χ3n) is 2.69. The molecule has 0 heterocycles. The molecule has 0 spiro atoms.